The highest BCUT2D eigenvalue weighted by molar-refractivity contribution is 6.30. The lowest BCUT2D eigenvalue weighted by molar-refractivity contribution is 0.0927. The number of hydrogen-bond acceptors (Lipinski definition) is 4. The second-order valence-electron chi connectivity index (χ2n) is 7.60. The topological polar surface area (TPSA) is 48.7 Å². The van der Waals surface area contributed by atoms with Gasteiger partial charge in [0.25, 0.3) is 5.91 Å². The molecule has 0 aliphatic carbocycles. The van der Waals surface area contributed by atoms with Crippen molar-refractivity contribution < 1.29 is 9.21 Å². The van der Waals surface area contributed by atoms with Gasteiger partial charge in [-0.3, -0.25) is 4.79 Å². The van der Waals surface area contributed by atoms with Gasteiger partial charge in [0.15, 0.2) is 5.76 Å². The summed E-state index contributed by atoms with van der Waals surface area (Å²) in [4.78, 5) is 17.2. The molecule has 0 spiro atoms. The van der Waals surface area contributed by atoms with Crippen LogP contribution >= 0.6 is 11.6 Å². The molecule has 1 N–H and O–H groups in total. The maximum atomic E-state index is 12.5. The smallest absolute Gasteiger partial charge is 0.287 e. The number of piperazine rings is 1. The fourth-order valence-corrected chi connectivity index (χ4v) is 3.79. The van der Waals surface area contributed by atoms with Crippen LogP contribution in [0.4, 0.5) is 5.69 Å². The first-order chi connectivity index (χ1) is 14.6. The van der Waals surface area contributed by atoms with E-state index in [-0.39, 0.29) is 5.91 Å². The summed E-state index contributed by atoms with van der Waals surface area (Å²) in [6, 6.07) is 19.5. The lowest BCUT2D eigenvalue weighted by atomic mass is 10.1. The van der Waals surface area contributed by atoms with Crippen LogP contribution in [-0.4, -0.2) is 50.6 Å². The molecule has 1 aliphatic heterocycles. The van der Waals surface area contributed by atoms with Gasteiger partial charge >= 0.3 is 0 Å². The Balaban J connectivity index is 1.41. The van der Waals surface area contributed by atoms with E-state index in [0.717, 1.165) is 49.4 Å². The third-order valence-electron chi connectivity index (χ3n) is 5.46. The van der Waals surface area contributed by atoms with Crippen molar-refractivity contribution in [2.24, 2.45) is 0 Å². The molecule has 0 saturated carbocycles. The first-order valence-electron chi connectivity index (χ1n) is 10.3. The number of benzene rings is 2. The van der Waals surface area contributed by atoms with Crippen LogP contribution < -0.4 is 10.2 Å². The molecule has 1 aromatic heterocycles. The van der Waals surface area contributed by atoms with Crippen molar-refractivity contribution in [1.29, 1.82) is 0 Å². The molecule has 3 aromatic rings. The van der Waals surface area contributed by atoms with Crippen LogP contribution in [0, 0.1) is 0 Å². The molecule has 156 valence electrons. The highest BCUT2D eigenvalue weighted by Gasteiger charge is 2.19. The minimum absolute atomic E-state index is 0.202. The van der Waals surface area contributed by atoms with E-state index in [1.807, 2.05) is 42.5 Å². The third kappa shape index (κ3) is 4.86. The second kappa shape index (κ2) is 9.37. The van der Waals surface area contributed by atoms with E-state index in [1.165, 1.54) is 0 Å². The summed E-state index contributed by atoms with van der Waals surface area (Å²) in [5, 5.41) is 3.64. The number of anilines is 1. The number of nitrogens with zero attached hydrogens (tertiary/aromatic N) is 2. The number of amides is 1. The van der Waals surface area contributed by atoms with Gasteiger partial charge < -0.3 is 19.5 Å². The van der Waals surface area contributed by atoms with Gasteiger partial charge in [0.1, 0.15) is 5.76 Å². The fraction of sp³-hybridized carbons (Fsp3) is 0.292. The number of para-hydroxylation sites is 1. The Labute approximate surface area is 182 Å². The highest BCUT2D eigenvalue weighted by Crippen LogP contribution is 2.32. The summed E-state index contributed by atoms with van der Waals surface area (Å²) in [7, 11) is 2.15. The summed E-state index contributed by atoms with van der Waals surface area (Å²) < 4.78 is 5.94. The highest BCUT2D eigenvalue weighted by atomic mass is 35.5. The maximum absolute atomic E-state index is 12.5. The molecule has 0 atom stereocenters. The summed E-state index contributed by atoms with van der Waals surface area (Å²) in [6.45, 7) is 4.56. The van der Waals surface area contributed by atoms with Gasteiger partial charge in [0, 0.05) is 49.0 Å². The lowest BCUT2D eigenvalue weighted by Crippen LogP contribution is -2.44. The van der Waals surface area contributed by atoms with E-state index < -0.39 is 0 Å². The molecule has 2 aromatic carbocycles. The van der Waals surface area contributed by atoms with E-state index in [1.54, 1.807) is 6.07 Å². The molecule has 0 radical (unpaired) electrons. The van der Waals surface area contributed by atoms with Gasteiger partial charge in [-0.2, -0.15) is 0 Å². The molecular weight excluding hydrogens is 398 g/mol. The van der Waals surface area contributed by atoms with Crippen molar-refractivity contribution in [2.75, 3.05) is 44.7 Å². The zero-order valence-electron chi connectivity index (χ0n) is 17.1. The van der Waals surface area contributed by atoms with Gasteiger partial charge in [-0.25, -0.2) is 0 Å². The molecule has 1 fully saturated rings. The average molecular weight is 424 g/mol. The van der Waals surface area contributed by atoms with E-state index >= 15 is 0 Å². The number of likely N-dealkylation sites (N-methyl/N-ethyl adjacent to an activating group) is 1. The van der Waals surface area contributed by atoms with Crippen LogP contribution in [0.2, 0.25) is 5.02 Å². The van der Waals surface area contributed by atoms with Crippen LogP contribution in [0.15, 0.2) is 65.1 Å². The number of furan rings is 1. The van der Waals surface area contributed by atoms with E-state index in [9.17, 15) is 4.79 Å². The number of carbonyl (C=O) groups excluding carboxylic acids is 1. The second-order valence-corrected chi connectivity index (χ2v) is 8.04. The molecule has 0 unspecified atom stereocenters. The van der Waals surface area contributed by atoms with E-state index in [2.05, 4.69) is 34.3 Å². The number of carbonyl (C=O) groups is 1. The normalized spacial score (nSPS) is 14.7. The molecule has 2 heterocycles. The monoisotopic (exact) mass is 423 g/mol. The Kier molecular flexibility index (Phi) is 6.41. The zero-order chi connectivity index (χ0) is 20.9. The lowest BCUT2D eigenvalue weighted by Gasteiger charge is -2.34. The fourth-order valence-electron chi connectivity index (χ4n) is 3.67. The molecule has 4 rings (SSSR count). The molecule has 6 heteroatoms. The first kappa shape index (κ1) is 20.5. The SMILES string of the molecule is CN1CCN(c2ccccc2-c2ccc(C(=O)NCCc3ccc(Cl)cc3)o2)CC1. The standard InChI is InChI=1S/C24H26ClN3O2/c1-27-14-16-28(17-15-27)21-5-3-2-4-20(21)22-10-11-23(30-22)24(29)26-13-12-18-6-8-19(25)9-7-18/h2-11H,12-17H2,1H3,(H,26,29). The Hall–Kier alpha value is -2.76. The Bertz CT molecular complexity index is 992. The van der Waals surface area contributed by atoms with Crippen molar-refractivity contribution in [3.8, 4) is 11.3 Å². The quantitative estimate of drug-likeness (QED) is 0.641. The molecule has 1 aliphatic rings. The molecule has 5 nitrogen and oxygen atoms in total. The van der Waals surface area contributed by atoms with Crippen molar-refractivity contribution in [3.63, 3.8) is 0 Å². The van der Waals surface area contributed by atoms with Crippen molar-refractivity contribution in [2.45, 2.75) is 6.42 Å². The predicted molar refractivity (Wildman–Crippen MR) is 121 cm³/mol. The molecule has 30 heavy (non-hydrogen) atoms. The summed E-state index contributed by atoms with van der Waals surface area (Å²) in [6.07, 6.45) is 0.739. The van der Waals surface area contributed by atoms with E-state index in [0.29, 0.717) is 23.1 Å². The van der Waals surface area contributed by atoms with Crippen LogP contribution in [0.5, 0.6) is 0 Å². The third-order valence-corrected chi connectivity index (χ3v) is 5.71. The Morgan fingerprint density at radius 1 is 1.00 bits per heavy atom. The van der Waals surface area contributed by atoms with Crippen LogP contribution in [0.3, 0.4) is 0 Å². The average Bonchev–Trinajstić information content (AvgIpc) is 3.26. The van der Waals surface area contributed by atoms with Crippen LogP contribution in [0.25, 0.3) is 11.3 Å². The van der Waals surface area contributed by atoms with Gasteiger partial charge in [0.05, 0.1) is 0 Å². The van der Waals surface area contributed by atoms with Crippen LogP contribution in [-0.2, 0) is 6.42 Å². The van der Waals surface area contributed by atoms with Crippen molar-refractivity contribution >= 4 is 23.2 Å². The van der Waals surface area contributed by atoms with Gasteiger partial charge in [0.2, 0.25) is 0 Å². The summed E-state index contributed by atoms with van der Waals surface area (Å²) in [5.41, 5.74) is 3.29. The zero-order valence-corrected chi connectivity index (χ0v) is 17.9. The first-order valence-corrected chi connectivity index (χ1v) is 10.6. The number of nitrogens with one attached hydrogen (secondary N) is 1. The number of hydrogen-bond donors (Lipinski definition) is 1. The largest absolute Gasteiger partial charge is 0.451 e. The van der Waals surface area contributed by atoms with Gasteiger partial charge in [-0.05, 0) is 55.4 Å². The number of halogens is 1. The minimum atomic E-state index is -0.202. The number of rotatable bonds is 6. The Morgan fingerprint density at radius 2 is 1.73 bits per heavy atom. The molecule has 1 saturated heterocycles. The van der Waals surface area contributed by atoms with E-state index in [4.69, 9.17) is 16.0 Å². The predicted octanol–water partition coefficient (Wildman–Crippen LogP) is 4.32. The summed E-state index contributed by atoms with van der Waals surface area (Å²) in [5.74, 6) is 0.842. The summed E-state index contributed by atoms with van der Waals surface area (Å²) >= 11 is 5.91. The van der Waals surface area contributed by atoms with Gasteiger partial charge in [-0.1, -0.05) is 35.9 Å². The van der Waals surface area contributed by atoms with Gasteiger partial charge in [-0.15, -0.1) is 0 Å². The molecule has 1 amide bonds. The van der Waals surface area contributed by atoms with Crippen LogP contribution in [0.1, 0.15) is 16.1 Å². The Morgan fingerprint density at radius 3 is 2.50 bits per heavy atom. The molecule has 0 bridgehead atoms. The van der Waals surface area contributed by atoms with Crippen molar-refractivity contribution in [1.82, 2.24) is 10.2 Å². The maximum Gasteiger partial charge on any atom is 0.287 e. The van der Waals surface area contributed by atoms with Crippen molar-refractivity contribution in [3.05, 3.63) is 77.0 Å². The minimum Gasteiger partial charge on any atom is -0.451 e. The molecular formula is C24H26ClN3O2.